The fourth-order valence-electron chi connectivity index (χ4n) is 2.27. The summed E-state index contributed by atoms with van der Waals surface area (Å²) >= 11 is 0. The van der Waals surface area contributed by atoms with Gasteiger partial charge in [-0.05, 0) is 16.5 Å². The first-order valence-corrected chi connectivity index (χ1v) is 6.84. The Morgan fingerprint density at radius 2 is 1.38 bits per heavy atom. The molecule has 1 aromatic carbocycles. The molecule has 2 aromatic heterocycles. The van der Waals surface area contributed by atoms with Crippen molar-refractivity contribution >= 4 is 0 Å². The maximum atomic E-state index is 4.24. The standard InChI is InChI=1S/C15H18N6/c1-15(2,3)13-6-4-12(5-7-13)14(20-10-16-8-18-20)21-11-17-9-19-21/h4-11,14H,1-3H3. The lowest BCUT2D eigenvalue weighted by atomic mass is 9.86. The van der Waals surface area contributed by atoms with Crippen molar-refractivity contribution in [2.24, 2.45) is 0 Å². The molecule has 3 rings (SSSR count). The number of hydrogen-bond donors (Lipinski definition) is 0. The van der Waals surface area contributed by atoms with Crippen molar-refractivity contribution in [3.8, 4) is 0 Å². The molecular formula is C15H18N6. The van der Waals surface area contributed by atoms with Crippen LogP contribution in [0.25, 0.3) is 0 Å². The Kier molecular flexibility index (Phi) is 3.29. The Hall–Kier alpha value is -2.50. The van der Waals surface area contributed by atoms with Crippen LogP contribution in [0.2, 0.25) is 0 Å². The van der Waals surface area contributed by atoms with E-state index in [1.165, 1.54) is 18.2 Å². The minimum absolute atomic E-state index is 0.133. The number of aromatic nitrogens is 6. The third-order valence-electron chi connectivity index (χ3n) is 3.45. The lowest BCUT2D eigenvalue weighted by Gasteiger charge is -2.21. The molecule has 0 fully saturated rings. The first kappa shape index (κ1) is 13.5. The second-order valence-corrected chi connectivity index (χ2v) is 6.00. The molecule has 0 aliphatic heterocycles. The molecule has 0 aliphatic carbocycles. The van der Waals surface area contributed by atoms with Crippen molar-refractivity contribution in [2.45, 2.75) is 32.4 Å². The van der Waals surface area contributed by atoms with E-state index < -0.39 is 0 Å². The lowest BCUT2D eigenvalue weighted by Crippen LogP contribution is -2.21. The van der Waals surface area contributed by atoms with E-state index in [9.17, 15) is 0 Å². The van der Waals surface area contributed by atoms with E-state index in [2.05, 4.69) is 65.2 Å². The normalized spacial score (nSPS) is 12.0. The van der Waals surface area contributed by atoms with Crippen LogP contribution in [0.15, 0.2) is 49.6 Å². The molecule has 2 heterocycles. The molecule has 0 spiro atoms. The van der Waals surface area contributed by atoms with Crippen molar-refractivity contribution in [3.63, 3.8) is 0 Å². The van der Waals surface area contributed by atoms with Crippen LogP contribution < -0.4 is 0 Å². The van der Waals surface area contributed by atoms with Gasteiger partial charge in [0.25, 0.3) is 0 Å². The number of nitrogens with zero attached hydrogens (tertiary/aromatic N) is 6. The molecule has 0 unspecified atom stereocenters. The smallest absolute Gasteiger partial charge is 0.172 e. The van der Waals surface area contributed by atoms with Crippen LogP contribution >= 0.6 is 0 Å². The topological polar surface area (TPSA) is 61.4 Å². The minimum atomic E-state index is -0.177. The van der Waals surface area contributed by atoms with Gasteiger partial charge in [0, 0.05) is 0 Å². The first-order chi connectivity index (χ1) is 10.1. The highest BCUT2D eigenvalue weighted by atomic mass is 15.5. The number of benzene rings is 1. The summed E-state index contributed by atoms with van der Waals surface area (Å²) in [6.45, 7) is 6.61. The second kappa shape index (κ2) is 5.12. The van der Waals surface area contributed by atoms with E-state index in [1.54, 1.807) is 22.0 Å². The van der Waals surface area contributed by atoms with Gasteiger partial charge < -0.3 is 0 Å². The van der Waals surface area contributed by atoms with Gasteiger partial charge in [0.05, 0.1) is 0 Å². The van der Waals surface area contributed by atoms with Crippen molar-refractivity contribution < 1.29 is 0 Å². The highest BCUT2D eigenvalue weighted by Gasteiger charge is 2.19. The fourth-order valence-corrected chi connectivity index (χ4v) is 2.27. The van der Waals surface area contributed by atoms with Gasteiger partial charge in [-0.3, -0.25) is 0 Å². The molecule has 6 nitrogen and oxygen atoms in total. The average Bonchev–Trinajstić information content (AvgIpc) is 3.12. The molecule has 0 N–H and O–H groups in total. The van der Waals surface area contributed by atoms with Crippen molar-refractivity contribution in [2.75, 3.05) is 0 Å². The molecule has 0 aliphatic rings. The predicted octanol–water partition coefficient (Wildman–Crippen LogP) is 2.26. The van der Waals surface area contributed by atoms with Crippen LogP contribution in [0.5, 0.6) is 0 Å². The molecule has 21 heavy (non-hydrogen) atoms. The summed E-state index contributed by atoms with van der Waals surface area (Å²) in [5.41, 5.74) is 2.51. The van der Waals surface area contributed by atoms with Gasteiger partial charge in [-0.15, -0.1) is 0 Å². The summed E-state index contributed by atoms with van der Waals surface area (Å²) in [4.78, 5) is 8.05. The van der Waals surface area contributed by atoms with Gasteiger partial charge in [0.1, 0.15) is 25.3 Å². The van der Waals surface area contributed by atoms with Crippen LogP contribution in [0.1, 0.15) is 38.1 Å². The zero-order valence-electron chi connectivity index (χ0n) is 12.4. The highest BCUT2D eigenvalue weighted by molar-refractivity contribution is 5.29. The summed E-state index contributed by atoms with van der Waals surface area (Å²) in [5.74, 6) is 0. The summed E-state index contributed by atoms with van der Waals surface area (Å²) in [7, 11) is 0. The summed E-state index contributed by atoms with van der Waals surface area (Å²) < 4.78 is 3.53. The van der Waals surface area contributed by atoms with Crippen molar-refractivity contribution in [1.29, 1.82) is 0 Å². The van der Waals surface area contributed by atoms with Gasteiger partial charge >= 0.3 is 0 Å². The minimum Gasteiger partial charge on any atom is -0.224 e. The van der Waals surface area contributed by atoms with Gasteiger partial charge in [0.2, 0.25) is 0 Å². The van der Waals surface area contributed by atoms with Crippen LogP contribution in [-0.4, -0.2) is 29.5 Å². The molecule has 3 aromatic rings. The quantitative estimate of drug-likeness (QED) is 0.739. The van der Waals surface area contributed by atoms with Crippen molar-refractivity contribution in [1.82, 2.24) is 29.5 Å². The Labute approximate surface area is 123 Å². The monoisotopic (exact) mass is 282 g/mol. The van der Waals surface area contributed by atoms with Crippen LogP contribution in [0.3, 0.4) is 0 Å². The van der Waals surface area contributed by atoms with E-state index in [4.69, 9.17) is 0 Å². The van der Waals surface area contributed by atoms with E-state index in [0.29, 0.717) is 0 Å². The highest BCUT2D eigenvalue weighted by Crippen LogP contribution is 2.25. The zero-order chi connectivity index (χ0) is 14.9. The third kappa shape index (κ3) is 2.69. The Morgan fingerprint density at radius 3 is 1.76 bits per heavy atom. The largest absolute Gasteiger partial charge is 0.224 e. The zero-order valence-corrected chi connectivity index (χ0v) is 12.4. The lowest BCUT2D eigenvalue weighted by molar-refractivity contribution is 0.416. The molecule has 6 heteroatoms. The molecule has 0 atom stereocenters. The van der Waals surface area contributed by atoms with Crippen LogP contribution in [-0.2, 0) is 5.41 Å². The Bertz CT molecular complexity index is 643. The molecular weight excluding hydrogens is 264 g/mol. The molecule has 0 saturated carbocycles. The average molecular weight is 282 g/mol. The van der Waals surface area contributed by atoms with E-state index in [-0.39, 0.29) is 11.6 Å². The number of rotatable bonds is 3. The third-order valence-corrected chi connectivity index (χ3v) is 3.45. The van der Waals surface area contributed by atoms with Crippen molar-refractivity contribution in [3.05, 3.63) is 60.7 Å². The van der Waals surface area contributed by atoms with Crippen LogP contribution in [0, 0.1) is 0 Å². The SMILES string of the molecule is CC(C)(C)c1ccc(C(n2cncn2)n2cncn2)cc1. The second-order valence-electron chi connectivity index (χ2n) is 6.00. The van der Waals surface area contributed by atoms with E-state index >= 15 is 0 Å². The Balaban J connectivity index is 2.02. The molecule has 0 saturated heterocycles. The summed E-state index contributed by atoms with van der Waals surface area (Å²) in [6, 6.07) is 8.51. The molecule has 0 amide bonds. The first-order valence-electron chi connectivity index (χ1n) is 6.84. The summed E-state index contributed by atoms with van der Waals surface area (Å²) in [5, 5.41) is 8.47. The van der Waals surface area contributed by atoms with Gasteiger partial charge in [-0.1, -0.05) is 45.0 Å². The predicted molar refractivity (Wildman–Crippen MR) is 78.7 cm³/mol. The van der Waals surface area contributed by atoms with E-state index in [0.717, 1.165) is 5.56 Å². The van der Waals surface area contributed by atoms with Gasteiger partial charge in [-0.2, -0.15) is 10.2 Å². The van der Waals surface area contributed by atoms with Gasteiger partial charge in [-0.25, -0.2) is 19.3 Å². The molecule has 0 bridgehead atoms. The summed E-state index contributed by atoms with van der Waals surface area (Å²) in [6.07, 6.45) is 6.23. The van der Waals surface area contributed by atoms with Gasteiger partial charge in [0.15, 0.2) is 6.17 Å². The Morgan fingerprint density at radius 1 is 0.857 bits per heavy atom. The maximum absolute atomic E-state index is 4.24. The van der Waals surface area contributed by atoms with Crippen LogP contribution in [0.4, 0.5) is 0 Å². The fraction of sp³-hybridized carbons (Fsp3) is 0.333. The molecule has 0 radical (unpaired) electrons. The molecule has 108 valence electrons. The van der Waals surface area contributed by atoms with E-state index in [1.807, 2.05) is 0 Å². The maximum Gasteiger partial charge on any atom is 0.172 e. The number of hydrogen-bond acceptors (Lipinski definition) is 4.